The first-order valence-corrected chi connectivity index (χ1v) is 8.77. The Morgan fingerprint density at radius 3 is 2.20 bits per heavy atom. The molecular weight excluding hydrogens is 272 g/mol. The molecule has 0 amide bonds. The van der Waals surface area contributed by atoms with E-state index in [4.69, 9.17) is 0 Å². The average Bonchev–Trinajstić information content (AvgIpc) is 2.45. The SMILES string of the molecule is CCNCc1cc(S(=O)(=O)N(CC)CC)ccc1CC. The Morgan fingerprint density at radius 1 is 1.05 bits per heavy atom. The van der Waals surface area contributed by atoms with E-state index in [-0.39, 0.29) is 0 Å². The first kappa shape index (κ1) is 17.1. The third-order valence-corrected chi connectivity index (χ3v) is 5.51. The Labute approximate surface area is 123 Å². The maximum absolute atomic E-state index is 12.5. The van der Waals surface area contributed by atoms with Crippen molar-refractivity contribution in [3.05, 3.63) is 29.3 Å². The molecule has 0 spiro atoms. The summed E-state index contributed by atoms with van der Waals surface area (Å²) in [5, 5.41) is 3.27. The summed E-state index contributed by atoms with van der Waals surface area (Å²) in [5.74, 6) is 0. The van der Waals surface area contributed by atoms with Crippen molar-refractivity contribution in [3.8, 4) is 0 Å². The molecule has 1 rings (SSSR count). The number of sulfonamides is 1. The van der Waals surface area contributed by atoms with E-state index in [1.54, 1.807) is 6.07 Å². The van der Waals surface area contributed by atoms with Crippen molar-refractivity contribution in [2.45, 2.75) is 45.6 Å². The van der Waals surface area contributed by atoms with Crippen molar-refractivity contribution in [2.75, 3.05) is 19.6 Å². The topological polar surface area (TPSA) is 49.4 Å². The second-order valence-electron chi connectivity index (χ2n) is 4.65. The highest BCUT2D eigenvalue weighted by molar-refractivity contribution is 7.89. The largest absolute Gasteiger partial charge is 0.313 e. The lowest BCUT2D eigenvalue weighted by molar-refractivity contribution is 0.445. The van der Waals surface area contributed by atoms with E-state index < -0.39 is 10.0 Å². The Morgan fingerprint density at radius 2 is 1.70 bits per heavy atom. The molecule has 0 atom stereocenters. The van der Waals surface area contributed by atoms with Gasteiger partial charge in [0.2, 0.25) is 10.0 Å². The molecule has 20 heavy (non-hydrogen) atoms. The van der Waals surface area contributed by atoms with Gasteiger partial charge in [0.1, 0.15) is 0 Å². The monoisotopic (exact) mass is 298 g/mol. The molecular formula is C15H26N2O2S. The van der Waals surface area contributed by atoms with Gasteiger partial charge >= 0.3 is 0 Å². The number of aryl methyl sites for hydroxylation is 1. The average molecular weight is 298 g/mol. The van der Waals surface area contributed by atoms with Crippen LogP contribution in [0.15, 0.2) is 23.1 Å². The van der Waals surface area contributed by atoms with Gasteiger partial charge in [0.15, 0.2) is 0 Å². The number of hydrogen-bond donors (Lipinski definition) is 1. The first-order valence-electron chi connectivity index (χ1n) is 7.33. The highest BCUT2D eigenvalue weighted by Crippen LogP contribution is 2.20. The van der Waals surface area contributed by atoms with E-state index in [1.807, 2.05) is 32.9 Å². The Bertz CT molecular complexity index is 523. The molecule has 0 unspecified atom stereocenters. The molecule has 1 aromatic rings. The number of hydrogen-bond acceptors (Lipinski definition) is 3. The number of rotatable bonds is 8. The summed E-state index contributed by atoms with van der Waals surface area (Å²) in [6.45, 7) is 10.4. The van der Waals surface area contributed by atoms with Gasteiger partial charge in [-0.3, -0.25) is 0 Å². The second kappa shape index (κ2) is 7.76. The molecule has 0 radical (unpaired) electrons. The molecule has 0 aliphatic carbocycles. The zero-order valence-corrected chi connectivity index (χ0v) is 13.8. The standard InChI is InChI=1S/C15H26N2O2S/c1-5-13-9-10-15(11-14(13)12-16-6-2)20(18,19)17(7-3)8-4/h9-11,16H,5-8,12H2,1-4H3. The van der Waals surface area contributed by atoms with Gasteiger partial charge in [-0.25, -0.2) is 8.42 Å². The van der Waals surface area contributed by atoms with Crippen molar-refractivity contribution in [3.63, 3.8) is 0 Å². The lowest BCUT2D eigenvalue weighted by Gasteiger charge is -2.19. The Kier molecular flexibility index (Phi) is 6.65. The zero-order chi connectivity index (χ0) is 15.2. The van der Waals surface area contributed by atoms with E-state index >= 15 is 0 Å². The maximum Gasteiger partial charge on any atom is 0.243 e. The van der Waals surface area contributed by atoms with Crippen molar-refractivity contribution in [1.29, 1.82) is 0 Å². The first-order chi connectivity index (χ1) is 9.51. The molecule has 1 aromatic carbocycles. The van der Waals surface area contributed by atoms with Crippen LogP contribution in [0.5, 0.6) is 0 Å². The summed E-state index contributed by atoms with van der Waals surface area (Å²) >= 11 is 0. The Hall–Kier alpha value is -0.910. The lowest BCUT2D eigenvalue weighted by atomic mass is 10.1. The van der Waals surface area contributed by atoms with Crippen molar-refractivity contribution >= 4 is 10.0 Å². The van der Waals surface area contributed by atoms with Crippen LogP contribution in [0.3, 0.4) is 0 Å². The fraction of sp³-hybridized carbons (Fsp3) is 0.600. The molecule has 1 N–H and O–H groups in total. The van der Waals surface area contributed by atoms with Gasteiger partial charge < -0.3 is 5.32 Å². The minimum atomic E-state index is -3.37. The summed E-state index contributed by atoms with van der Waals surface area (Å²) < 4.78 is 26.5. The maximum atomic E-state index is 12.5. The quantitative estimate of drug-likeness (QED) is 0.801. The fourth-order valence-electron chi connectivity index (χ4n) is 2.24. The highest BCUT2D eigenvalue weighted by Gasteiger charge is 2.22. The van der Waals surface area contributed by atoms with E-state index in [2.05, 4.69) is 12.2 Å². The van der Waals surface area contributed by atoms with E-state index in [1.165, 1.54) is 9.87 Å². The molecule has 0 saturated carbocycles. The predicted molar refractivity (Wildman–Crippen MR) is 83.3 cm³/mol. The molecule has 0 aliphatic heterocycles. The lowest BCUT2D eigenvalue weighted by Crippen LogP contribution is -2.30. The van der Waals surface area contributed by atoms with Gasteiger partial charge in [-0.05, 0) is 36.2 Å². The summed E-state index contributed by atoms with van der Waals surface area (Å²) in [6.07, 6.45) is 0.909. The van der Waals surface area contributed by atoms with Gasteiger partial charge in [-0.2, -0.15) is 4.31 Å². The van der Waals surface area contributed by atoms with Crippen molar-refractivity contribution in [2.24, 2.45) is 0 Å². The van der Waals surface area contributed by atoms with E-state index in [0.717, 1.165) is 18.5 Å². The van der Waals surface area contributed by atoms with Crippen LogP contribution in [0.2, 0.25) is 0 Å². The van der Waals surface area contributed by atoms with Crippen LogP contribution in [0.4, 0.5) is 0 Å². The molecule has 0 aromatic heterocycles. The summed E-state index contributed by atoms with van der Waals surface area (Å²) in [4.78, 5) is 0.395. The minimum absolute atomic E-state index is 0.395. The van der Waals surface area contributed by atoms with Gasteiger partial charge in [0.25, 0.3) is 0 Å². The summed E-state index contributed by atoms with van der Waals surface area (Å²) in [5.41, 5.74) is 2.27. The normalized spacial score (nSPS) is 12.1. The molecule has 0 fully saturated rings. The third kappa shape index (κ3) is 3.81. The van der Waals surface area contributed by atoms with E-state index in [0.29, 0.717) is 24.5 Å². The third-order valence-electron chi connectivity index (χ3n) is 3.47. The highest BCUT2D eigenvalue weighted by atomic mass is 32.2. The van der Waals surface area contributed by atoms with Gasteiger partial charge in [0, 0.05) is 19.6 Å². The predicted octanol–water partition coefficient (Wildman–Crippen LogP) is 2.39. The second-order valence-corrected chi connectivity index (χ2v) is 6.59. The molecule has 4 nitrogen and oxygen atoms in total. The van der Waals surface area contributed by atoms with Crippen molar-refractivity contribution < 1.29 is 8.42 Å². The van der Waals surface area contributed by atoms with Crippen LogP contribution in [0, 0.1) is 0 Å². The van der Waals surface area contributed by atoms with Gasteiger partial charge in [-0.15, -0.1) is 0 Å². The molecule has 5 heteroatoms. The summed E-state index contributed by atoms with van der Waals surface area (Å²) in [7, 11) is -3.37. The molecule has 0 saturated heterocycles. The number of nitrogens with zero attached hydrogens (tertiary/aromatic N) is 1. The summed E-state index contributed by atoms with van der Waals surface area (Å²) in [6, 6.07) is 5.47. The van der Waals surface area contributed by atoms with Gasteiger partial charge in [-0.1, -0.05) is 33.8 Å². The van der Waals surface area contributed by atoms with Crippen LogP contribution in [0.25, 0.3) is 0 Å². The van der Waals surface area contributed by atoms with Crippen LogP contribution in [-0.2, 0) is 23.0 Å². The minimum Gasteiger partial charge on any atom is -0.313 e. The molecule has 0 heterocycles. The molecule has 114 valence electrons. The smallest absolute Gasteiger partial charge is 0.243 e. The fourth-order valence-corrected chi connectivity index (χ4v) is 3.75. The number of nitrogens with one attached hydrogen (secondary N) is 1. The van der Waals surface area contributed by atoms with Crippen LogP contribution in [-0.4, -0.2) is 32.4 Å². The molecule has 0 bridgehead atoms. The van der Waals surface area contributed by atoms with Crippen molar-refractivity contribution in [1.82, 2.24) is 9.62 Å². The van der Waals surface area contributed by atoms with Crippen LogP contribution in [0.1, 0.15) is 38.8 Å². The van der Waals surface area contributed by atoms with Crippen LogP contribution < -0.4 is 5.32 Å². The van der Waals surface area contributed by atoms with E-state index in [9.17, 15) is 8.42 Å². The molecule has 0 aliphatic rings. The Balaban J connectivity index is 3.19. The van der Waals surface area contributed by atoms with Gasteiger partial charge in [0.05, 0.1) is 4.90 Å². The van der Waals surface area contributed by atoms with Crippen LogP contribution >= 0.6 is 0 Å². The number of benzene rings is 1. The zero-order valence-electron chi connectivity index (χ0n) is 12.9.